The SMILES string of the molecule is CC(C)c1ccc(C(C)(C)CCCc2cccc(Oc3ccc(F)cc3)c2)cc1. The van der Waals surface area contributed by atoms with Gasteiger partial charge in [0, 0.05) is 0 Å². The summed E-state index contributed by atoms with van der Waals surface area (Å²) in [5, 5.41) is 0. The molecule has 0 aliphatic rings. The highest BCUT2D eigenvalue weighted by Gasteiger charge is 2.20. The third kappa shape index (κ3) is 5.93. The fourth-order valence-electron chi connectivity index (χ4n) is 3.60. The van der Waals surface area contributed by atoms with Gasteiger partial charge in [-0.2, -0.15) is 0 Å². The summed E-state index contributed by atoms with van der Waals surface area (Å²) in [5.41, 5.74) is 4.20. The van der Waals surface area contributed by atoms with Gasteiger partial charge < -0.3 is 4.74 Å². The van der Waals surface area contributed by atoms with E-state index in [4.69, 9.17) is 4.74 Å². The third-order valence-corrected chi connectivity index (χ3v) is 5.57. The highest BCUT2D eigenvalue weighted by atomic mass is 19.1. The number of hydrogen-bond acceptors (Lipinski definition) is 1. The second kappa shape index (κ2) is 9.26. The van der Waals surface area contributed by atoms with E-state index < -0.39 is 0 Å². The highest BCUT2D eigenvalue weighted by Crippen LogP contribution is 2.31. The number of aryl methyl sites for hydroxylation is 1. The minimum absolute atomic E-state index is 0.151. The average Bonchev–Trinajstić information content (AvgIpc) is 2.70. The van der Waals surface area contributed by atoms with Gasteiger partial charge in [-0.1, -0.05) is 64.1 Å². The van der Waals surface area contributed by atoms with Gasteiger partial charge in [-0.15, -0.1) is 0 Å². The van der Waals surface area contributed by atoms with Crippen molar-refractivity contribution in [1.29, 1.82) is 0 Å². The van der Waals surface area contributed by atoms with Crippen molar-refractivity contribution in [3.63, 3.8) is 0 Å². The zero-order valence-corrected chi connectivity index (χ0v) is 17.9. The zero-order chi connectivity index (χ0) is 20.9. The van der Waals surface area contributed by atoms with Gasteiger partial charge in [0.15, 0.2) is 0 Å². The lowest BCUT2D eigenvalue weighted by Gasteiger charge is -2.26. The molecule has 29 heavy (non-hydrogen) atoms. The van der Waals surface area contributed by atoms with Crippen LogP contribution in [0.1, 0.15) is 63.1 Å². The Balaban J connectivity index is 1.57. The van der Waals surface area contributed by atoms with Crippen molar-refractivity contribution in [1.82, 2.24) is 0 Å². The summed E-state index contributed by atoms with van der Waals surface area (Å²) in [4.78, 5) is 0. The Morgan fingerprint density at radius 3 is 2.21 bits per heavy atom. The minimum atomic E-state index is -0.257. The van der Waals surface area contributed by atoms with Gasteiger partial charge in [-0.25, -0.2) is 4.39 Å². The molecule has 2 heteroatoms. The van der Waals surface area contributed by atoms with Gasteiger partial charge >= 0.3 is 0 Å². The van der Waals surface area contributed by atoms with Crippen LogP contribution in [0.2, 0.25) is 0 Å². The fraction of sp³-hybridized carbons (Fsp3) is 0.333. The number of halogens is 1. The molecule has 3 aromatic carbocycles. The molecular formula is C27H31FO. The number of hydrogen-bond donors (Lipinski definition) is 0. The smallest absolute Gasteiger partial charge is 0.127 e. The number of rotatable bonds is 8. The Labute approximate surface area is 174 Å². The lowest BCUT2D eigenvalue weighted by molar-refractivity contribution is 0.459. The highest BCUT2D eigenvalue weighted by molar-refractivity contribution is 5.34. The van der Waals surface area contributed by atoms with Crippen molar-refractivity contribution in [3.05, 3.63) is 95.3 Å². The summed E-state index contributed by atoms with van der Waals surface area (Å²) in [5.74, 6) is 1.75. The molecule has 3 rings (SSSR count). The molecule has 0 atom stereocenters. The molecule has 0 radical (unpaired) electrons. The largest absolute Gasteiger partial charge is 0.457 e. The van der Waals surface area contributed by atoms with Crippen LogP contribution in [0.15, 0.2) is 72.8 Å². The van der Waals surface area contributed by atoms with E-state index in [1.165, 1.54) is 28.8 Å². The second-order valence-electron chi connectivity index (χ2n) is 8.72. The summed E-state index contributed by atoms with van der Waals surface area (Å²) in [6, 6.07) is 23.4. The molecule has 0 aliphatic carbocycles. The van der Waals surface area contributed by atoms with Gasteiger partial charge in [0.2, 0.25) is 0 Å². The quantitative estimate of drug-likeness (QED) is 0.378. The molecule has 0 amide bonds. The molecule has 0 saturated carbocycles. The molecule has 0 N–H and O–H groups in total. The Hall–Kier alpha value is -2.61. The van der Waals surface area contributed by atoms with E-state index in [0.29, 0.717) is 11.7 Å². The van der Waals surface area contributed by atoms with Crippen molar-refractivity contribution in [2.45, 2.75) is 58.3 Å². The molecule has 0 bridgehead atoms. The Morgan fingerprint density at radius 2 is 1.55 bits per heavy atom. The zero-order valence-electron chi connectivity index (χ0n) is 17.9. The predicted octanol–water partition coefficient (Wildman–Crippen LogP) is 8.04. The molecular weight excluding hydrogens is 359 g/mol. The molecule has 1 nitrogen and oxygen atoms in total. The van der Waals surface area contributed by atoms with Crippen molar-refractivity contribution in [2.75, 3.05) is 0 Å². The maximum atomic E-state index is 13.0. The Bertz CT molecular complexity index is 908. The van der Waals surface area contributed by atoms with Crippen LogP contribution in [-0.4, -0.2) is 0 Å². The van der Waals surface area contributed by atoms with E-state index >= 15 is 0 Å². The van der Waals surface area contributed by atoms with E-state index in [-0.39, 0.29) is 11.2 Å². The van der Waals surface area contributed by atoms with Crippen LogP contribution in [0, 0.1) is 5.82 Å². The fourth-order valence-corrected chi connectivity index (χ4v) is 3.60. The predicted molar refractivity (Wildman–Crippen MR) is 119 cm³/mol. The summed E-state index contributed by atoms with van der Waals surface area (Å²) in [6.07, 6.45) is 3.24. The Kier molecular flexibility index (Phi) is 6.74. The summed E-state index contributed by atoms with van der Waals surface area (Å²) in [6.45, 7) is 9.11. The van der Waals surface area contributed by atoms with E-state index in [1.54, 1.807) is 12.1 Å². The molecule has 0 aliphatic heterocycles. The number of ether oxygens (including phenoxy) is 1. The Morgan fingerprint density at radius 1 is 0.862 bits per heavy atom. The van der Waals surface area contributed by atoms with Gasteiger partial charge in [0.05, 0.1) is 0 Å². The third-order valence-electron chi connectivity index (χ3n) is 5.57. The van der Waals surface area contributed by atoms with E-state index in [0.717, 1.165) is 25.0 Å². The minimum Gasteiger partial charge on any atom is -0.457 e. The topological polar surface area (TPSA) is 9.23 Å². The lowest BCUT2D eigenvalue weighted by atomic mass is 9.79. The standard InChI is InChI=1S/C27H31FO/c1-20(2)22-10-12-23(13-11-22)27(3,4)18-6-8-21-7-5-9-26(19-21)29-25-16-14-24(28)15-17-25/h5,7,9-17,19-20H,6,8,18H2,1-4H3. The normalized spacial score (nSPS) is 11.7. The molecule has 0 aromatic heterocycles. The molecule has 0 heterocycles. The van der Waals surface area contributed by atoms with Crippen molar-refractivity contribution in [3.8, 4) is 11.5 Å². The summed E-state index contributed by atoms with van der Waals surface area (Å²) >= 11 is 0. The first-order valence-corrected chi connectivity index (χ1v) is 10.5. The summed E-state index contributed by atoms with van der Waals surface area (Å²) in [7, 11) is 0. The summed E-state index contributed by atoms with van der Waals surface area (Å²) < 4.78 is 18.9. The lowest BCUT2D eigenvalue weighted by Crippen LogP contribution is -2.17. The van der Waals surface area contributed by atoms with Gasteiger partial charge in [0.1, 0.15) is 17.3 Å². The molecule has 0 saturated heterocycles. The number of benzene rings is 3. The van der Waals surface area contributed by atoms with Crippen LogP contribution in [0.3, 0.4) is 0 Å². The van der Waals surface area contributed by atoms with Crippen LogP contribution in [-0.2, 0) is 11.8 Å². The van der Waals surface area contributed by atoms with Crippen LogP contribution in [0.5, 0.6) is 11.5 Å². The molecule has 0 fully saturated rings. The van der Waals surface area contributed by atoms with E-state index in [2.05, 4.69) is 64.1 Å². The first kappa shape index (κ1) is 21.1. The van der Waals surface area contributed by atoms with Crippen LogP contribution >= 0.6 is 0 Å². The van der Waals surface area contributed by atoms with Gasteiger partial charge in [-0.3, -0.25) is 0 Å². The molecule has 0 spiro atoms. The van der Waals surface area contributed by atoms with Crippen molar-refractivity contribution in [2.24, 2.45) is 0 Å². The van der Waals surface area contributed by atoms with Crippen molar-refractivity contribution >= 4 is 0 Å². The first-order valence-electron chi connectivity index (χ1n) is 10.5. The van der Waals surface area contributed by atoms with E-state index in [1.807, 2.05) is 12.1 Å². The van der Waals surface area contributed by atoms with Crippen molar-refractivity contribution < 1.29 is 9.13 Å². The molecule has 3 aromatic rings. The molecule has 0 unspecified atom stereocenters. The maximum Gasteiger partial charge on any atom is 0.127 e. The van der Waals surface area contributed by atoms with Gasteiger partial charge in [0.25, 0.3) is 0 Å². The van der Waals surface area contributed by atoms with Crippen LogP contribution < -0.4 is 4.74 Å². The molecule has 152 valence electrons. The second-order valence-corrected chi connectivity index (χ2v) is 8.72. The maximum absolute atomic E-state index is 13.0. The van der Waals surface area contributed by atoms with Crippen LogP contribution in [0.25, 0.3) is 0 Å². The monoisotopic (exact) mass is 390 g/mol. The average molecular weight is 391 g/mol. The van der Waals surface area contributed by atoms with Crippen LogP contribution in [0.4, 0.5) is 4.39 Å². The first-order chi connectivity index (χ1) is 13.8. The van der Waals surface area contributed by atoms with E-state index in [9.17, 15) is 4.39 Å². The van der Waals surface area contributed by atoms with Gasteiger partial charge in [-0.05, 0) is 83.7 Å².